The van der Waals surface area contributed by atoms with Gasteiger partial charge in [0.2, 0.25) is 0 Å². The van der Waals surface area contributed by atoms with Crippen LogP contribution in [0, 0.1) is 11.8 Å². The molecule has 0 amide bonds. The zero-order valence-electron chi connectivity index (χ0n) is 7.65. The number of alkyl halides is 1. The second-order valence-electron chi connectivity index (χ2n) is 3.75. The van der Waals surface area contributed by atoms with E-state index >= 15 is 0 Å². The molecule has 0 aromatic rings. The smallest absolute Gasteiger partial charge is 0.0338 e. The topological polar surface area (TPSA) is 0 Å². The zero-order valence-corrected chi connectivity index (χ0v) is 8.40. The van der Waals surface area contributed by atoms with Gasteiger partial charge in [0.05, 0.1) is 0 Å². The van der Waals surface area contributed by atoms with E-state index in [4.69, 9.17) is 11.6 Å². The molecule has 1 aliphatic rings. The van der Waals surface area contributed by atoms with Crippen LogP contribution in [0.15, 0.2) is 0 Å². The van der Waals surface area contributed by atoms with Crippen LogP contribution in [0.1, 0.15) is 46.0 Å². The molecule has 0 nitrogen and oxygen atoms in total. The highest BCUT2D eigenvalue weighted by Crippen LogP contribution is 2.37. The van der Waals surface area contributed by atoms with Gasteiger partial charge in [-0.05, 0) is 31.1 Å². The highest BCUT2D eigenvalue weighted by molar-refractivity contribution is 6.20. The second kappa shape index (κ2) is 4.35. The van der Waals surface area contributed by atoms with Crippen molar-refractivity contribution in [3.63, 3.8) is 0 Å². The Labute approximate surface area is 75.3 Å². The fraction of sp³-hybridized carbons (Fsp3) is 1.00. The first kappa shape index (κ1) is 9.38. The Balaban J connectivity index is 2.34. The maximum absolute atomic E-state index is 6.06. The quantitative estimate of drug-likeness (QED) is 0.571. The molecule has 0 aromatic heterocycles. The highest BCUT2D eigenvalue weighted by Gasteiger charge is 2.27. The van der Waals surface area contributed by atoms with Gasteiger partial charge < -0.3 is 0 Å². The Morgan fingerprint density at radius 1 is 1.27 bits per heavy atom. The molecule has 0 aliphatic heterocycles. The molecule has 2 atom stereocenters. The minimum atomic E-state index is 0.487. The van der Waals surface area contributed by atoms with E-state index in [1.54, 1.807) is 0 Å². The largest absolute Gasteiger partial charge is 0.123 e. The van der Waals surface area contributed by atoms with E-state index in [1.165, 1.54) is 32.1 Å². The number of hydrogen-bond donors (Lipinski definition) is 0. The number of halogens is 1. The van der Waals surface area contributed by atoms with Gasteiger partial charge in [-0.15, -0.1) is 11.6 Å². The summed E-state index contributed by atoms with van der Waals surface area (Å²) in [5.74, 6) is 1.88. The maximum atomic E-state index is 6.06. The molecule has 0 bridgehead atoms. The standard InChI is InChI=1S/C10H19Cl/c1-3-8(4-2)9-5-6-10(11)7-9/h8-10H,3-7H2,1-2H3. The molecule has 0 heterocycles. The van der Waals surface area contributed by atoms with Gasteiger partial charge in [0.15, 0.2) is 0 Å². The monoisotopic (exact) mass is 174 g/mol. The molecule has 11 heavy (non-hydrogen) atoms. The first-order chi connectivity index (χ1) is 5.27. The van der Waals surface area contributed by atoms with Crippen LogP contribution in [0.4, 0.5) is 0 Å². The lowest BCUT2D eigenvalue weighted by molar-refractivity contribution is 0.320. The molecule has 1 fully saturated rings. The predicted octanol–water partition coefficient (Wildman–Crippen LogP) is 3.83. The Hall–Kier alpha value is 0.290. The van der Waals surface area contributed by atoms with Gasteiger partial charge in [0.1, 0.15) is 0 Å². The SMILES string of the molecule is CCC(CC)C1CCC(Cl)C1. The third kappa shape index (κ3) is 2.37. The average Bonchev–Trinajstić information content (AvgIpc) is 2.39. The lowest BCUT2D eigenvalue weighted by atomic mass is 9.87. The van der Waals surface area contributed by atoms with Crippen LogP contribution in [0.25, 0.3) is 0 Å². The molecule has 1 saturated carbocycles. The van der Waals surface area contributed by atoms with Crippen molar-refractivity contribution in [2.24, 2.45) is 11.8 Å². The molecule has 0 aromatic carbocycles. The second-order valence-corrected chi connectivity index (χ2v) is 4.36. The molecule has 0 saturated heterocycles. The van der Waals surface area contributed by atoms with Crippen molar-refractivity contribution in [3.05, 3.63) is 0 Å². The van der Waals surface area contributed by atoms with E-state index in [-0.39, 0.29) is 0 Å². The van der Waals surface area contributed by atoms with Crippen molar-refractivity contribution in [1.82, 2.24) is 0 Å². The minimum Gasteiger partial charge on any atom is -0.123 e. The molecule has 1 aliphatic carbocycles. The van der Waals surface area contributed by atoms with E-state index in [0.717, 1.165) is 11.8 Å². The van der Waals surface area contributed by atoms with Gasteiger partial charge in [-0.1, -0.05) is 26.7 Å². The van der Waals surface area contributed by atoms with Crippen LogP contribution in [0.3, 0.4) is 0 Å². The molecule has 0 spiro atoms. The highest BCUT2D eigenvalue weighted by atomic mass is 35.5. The molecular formula is C10H19Cl. The van der Waals surface area contributed by atoms with Crippen LogP contribution < -0.4 is 0 Å². The summed E-state index contributed by atoms with van der Waals surface area (Å²) in [6, 6.07) is 0. The lowest BCUT2D eigenvalue weighted by Crippen LogP contribution is -2.10. The Bertz CT molecular complexity index is 107. The predicted molar refractivity (Wildman–Crippen MR) is 51.1 cm³/mol. The van der Waals surface area contributed by atoms with Crippen LogP contribution >= 0.6 is 11.6 Å². The first-order valence-corrected chi connectivity index (χ1v) is 5.35. The minimum absolute atomic E-state index is 0.487. The van der Waals surface area contributed by atoms with Crippen molar-refractivity contribution < 1.29 is 0 Å². The normalized spacial score (nSPS) is 31.6. The van der Waals surface area contributed by atoms with Gasteiger partial charge in [-0.2, -0.15) is 0 Å². The van der Waals surface area contributed by atoms with Crippen LogP contribution in [-0.4, -0.2) is 5.38 Å². The number of hydrogen-bond acceptors (Lipinski definition) is 0. The molecule has 0 radical (unpaired) electrons. The first-order valence-electron chi connectivity index (χ1n) is 4.92. The fourth-order valence-corrected chi connectivity index (χ4v) is 2.70. The Morgan fingerprint density at radius 2 is 1.91 bits per heavy atom. The van der Waals surface area contributed by atoms with Crippen LogP contribution in [0.2, 0.25) is 0 Å². The van der Waals surface area contributed by atoms with Crippen LogP contribution in [-0.2, 0) is 0 Å². The van der Waals surface area contributed by atoms with Gasteiger partial charge in [0.25, 0.3) is 0 Å². The molecule has 2 unspecified atom stereocenters. The molecule has 66 valence electrons. The molecular weight excluding hydrogens is 156 g/mol. The Morgan fingerprint density at radius 3 is 2.27 bits per heavy atom. The molecule has 1 heteroatoms. The summed E-state index contributed by atoms with van der Waals surface area (Å²) in [5, 5.41) is 0.487. The van der Waals surface area contributed by atoms with E-state index in [2.05, 4.69) is 13.8 Å². The third-order valence-corrected chi connectivity index (χ3v) is 3.52. The fourth-order valence-electron chi connectivity index (χ4n) is 2.34. The maximum Gasteiger partial charge on any atom is 0.0338 e. The van der Waals surface area contributed by atoms with Crippen molar-refractivity contribution in [2.75, 3.05) is 0 Å². The van der Waals surface area contributed by atoms with E-state index in [1.807, 2.05) is 0 Å². The summed E-state index contributed by atoms with van der Waals surface area (Å²) in [7, 11) is 0. The summed E-state index contributed by atoms with van der Waals surface area (Å²) in [4.78, 5) is 0. The van der Waals surface area contributed by atoms with Crippen LogP contribution in [0.5, 0.6) is 0 Å². The van der Waals surface area contributed by atoms with Gasteiger partial charge in [-0.25, -0.2) is 0 Å². The van der Waals surface area contributed by atoms with Gasteiger partial charge in [0, 0.05) is 5.38 Å². The molecule has 0 N–H and O–H groups in total. The zero-order chi connectivity index (χ0) is 8.27. The van der Waals surface area contributed by atoms with Crippen molar-refractivity contribution >= 4 is 11.6 Å². The van der Waals surface area contributed by atoms with E-state index < -0.39 is 0 Å². The average molecular weight is 175 g/mol. The summed E-state index contributed by atoms with van der Waals surface area (Å²) in [5.41, 5.74) is 0. The lowest BCUT2D eigenvalue weighted by Gasteiger charge is -2.19. The van der Waals surface area contributed by atoms with Crippen molar-refractivity contribution in [3.8, 4) is 0 Å². The summed E-state index contributed by atoms with van der Waals surface area (Å²) in [6.45, 7) is 4.60. The van der Waals surface area contributed by atoms with Gasteiger partial charge in [-0.3, -0.25) is 0 Å². The van der Waals surface area contributed by atoms with Gasteiger partial charge >= 0.3 is 0 Å². The van der Waals surface area contributed by atoms with E-state index in [9.17, 15) is 0 Å². The summed E-state index contributed by atoms with van der Waals surface area (Å²) >= 11 is 6.06. The summed E-state index contributed by atoms with van der Waals surface area (Å²) < 4.78 is 0. The number of rotatable bonds is 3. The molecule has 1 rings (SSSR count). The Kier molecular flexibility index (Phi) is 3.71. The van der Waals surface area contributed by atoms with E-state index in [0.29, 0.717) is 5.38 Å². The van der Waals surface area contributed by atoms with Crippen molar-refractivity contribution in [1.29, 1.82) is 0 Å². The van der Waals surface area contributed by atoms with Crippen molar-refractivity contribution in [2.45, 2.75) is 51.3 Å². The summed E-state index contributed by atoms with van der Waals surface area (Å²) in [6.07, 6.45) is 6.58. The third-order valence-electron chi connectivity index (χ3n) is 3.12.